The van der Waals surface area contributed by atoms with Gasteiger partial charge in [-0.15, -0.1) is 0 Å². The highest BCUT2D eigenvalue weighted by Crippen LogP contribution is 2.30. The number of furan rings is 1. The summed E-state index contributed by atoms with van der Waals surface area (Å²) in [5, 5.41) is 1.20. The lowest BCUT2D eigenvalue weighted by Crippen LogP contribution is -2.04. The second kappa shape index (κ2) is 6.88. The highest BCUT2D eigenvalue weighted by molar-refractivity contribution is 5.83. The van der Waals surface area contributed by atoms with Crippen molar-refractivity contribution in [2.75, 3.05) is 13.7 Å². The number of aryl methyl sites for hydroxylation is 1. The van der Waals surface area contributed by atoms with E-state index in [0.29, 0.717) is 6.54 Å². The van der Waals surface area contributed by atoms with Gasteiger partial charge < -0.3 is 14.9 Å². The van der Waals surface area contributed by atoms with Gasteiger partial charge in [-0.25, -0.2) is 0 Å². The van der Waals surface area contributed by atoms with E-state index in [9.17, 15) is 0 Å². The maximum absolute atomic E-state index is 6.13. The van der Waals surface area contributed by atoms with Gasteiger partial charge in [-0.1, -0.05) is 25.1 Å². The van der Waals surface area contributed by atoms with Crippen LogP contribution in [0.4, 0.5) is 0 Å². The van der Waals surface area contributed by atoms with Crippen LogP contribution >= 0.6 is 0 Å². The second-order valence-corrected chi connectivity index (χ2v) is 5.75. The number of benzene rings is 2. The molecule has 2 aromatic carbocycles. The molecule has 2 N–H and O–H groups in total. The molecule has 0 saturated heterocycles. The Kier molecular flexibility index (Phi) is 4.68. The van der Waals surface area contributed by atoms with E-state index in [4.69, 9.17) is 14.9 Å². The van der Waals surface area contributed by atoms with Crippen LogP contribution in [0.3, 0.4) is 0 Å². The molecule has 1 heterocycles. The summed E-state index contributed by atoms with van der Waals surface area (Å²) < 4.78 is 11.4. The molecule has 0 aliphatic carbocycles. The van der Waals surface area contributed by atoms with E-state index in [1.54, 1.807) is 7.11 Å². The lowest BCUT2D eigenvalue weighted by Gasteiger charge is -2.05. The molecule has 0 atom stereocenters. The van der Waals surface area contributed by atoms with Crippen molar-refractivity contribution < 1.29 is 9.15 Å². The molecule has 0 amide bonds. The Morgan fingerprint density at radius 2 is 1.96 bits per heavy atom. The number of nitrogens with two attached hydrogens (primary N) is 1. The summed E-state index contributed by atoms with van der Waals surface area (Å²) in [6.45, 7) is 2.79. The quantitative estimate of drug-likeness (QED) is 0.746. The number of rotatable bonds is 6. The maximum Gasteiger partial charge on any atom is 0.134 e. The van der Waals surface area contributed by atoms with Crippen LogP contribution in [0.15, 0.2) is 46.9 Å². The minimum Gasteiger partial charge on any atom is -0.497 e. The molecule has 0 bridgehead atoms. The van der Waals surface area contributed by atoms with Crippen LogP contribution in [0.5, 0.6) is 5.75 Å². The molecular formula is C20H23NO2. The Morgan fingerprint density at radius 3 is 2.70 bits per heavy atom. The minimum absolute atomic E-state index is 0.621. The first-order valence-electron chi connectivity index (χ1n) is 8.11. The van der Waals surface area contributed by atoms with Crippen molar-refractivity contribution >= 4 is 11.0 Å². The Morgan fingerprint density at radius 1 is 1.09 bits per heavy atom. The Bertz CT molecular complexity index is 805. The monoisotopic (exact) mass is 309 g/mol. The predicted octanol–water partition coefficient (Wildman–Crippen LogP) is 4.10. The third kappa shape index (κ3) is 3.25. The lowest BCUT2D eigenvalue weighted by molar-refractivity contribution is 0.414. The Labute approximate surface area is 137 Å². The molecule has 0 aliphatic rings. The molecule has 3 aromatic rings. The van der Waals surface area contributed by atoms with Crippen LogP contribution in [0, 0.1) is 0 Å². The van der Waals surface area contributed by atoms with Crippen molar-refractivity contribution in [2.45, 2.75) is 26.2 Å². The van der Waals surface area contributed by atoms with Gasteiger partial charge in [-0.3, -0.25) is 0 Å². The molecule has 23 heavy (non-hydrogen) atoms. The number of ether oxygens (including phenoxy) is 1. The van der Waals surface area contributed by atoms with Crippen molar-refractivity contribution in [3.05, 3.63) is 64.9 Å². The van der Waals surface area contributed by atoms with E-state index in [1.165, 1.54) is 22.1 Å². The SMILES string of the molecule is CCc1ccc2oc(Cc3cccc(OC)c3)c(CCN)c2c1. The number of fused-ring (bicyclic) bond motifs is 1. The first-order valence-corrected chi connectivity index (χ1v) is 8.11. The largest absolute Gasteiger partial charge is 0.497 e. The molecule has 1 aromatic heterocycles. The van der Waals surface area contributed by atoms with Crippen LogP contribution in [0.1, 0.15) is 29.4 Å². The summed E-state index contributed by atoms with van der Waals surface area (Å²) >= 11 is 0. The summed E-state index contributed by atoms with van der Waals surface area (Å²) in [4.78, 5) is 0. The number of hydrogen-bond acceptors (Lipinski definition) is 3. The third-order valence-corrected chi connectivity index (χ3v) is 4.24. The zero-order valence-corrected chi connectivity index (χ0v) is 13.8. The summed E-state index contributed by atoms with van der Waals surface area (Å²) in [5.41, 5.74) is 10.5. The Hall–Kier alpha value is -2.26. The lowest BCUT2D eigenvalue weighted by atomic mass is 10.0. The zero-order chi connectivity index (χ0) is 16.2. The molecule has 0 unspecified atom stereocenters. The molecule has 0 spiro atoms. The fourth-order valence-electron chi connectivity index (χ4n) is 3.00. The average molecular weight is 309 g/mol. The van der Waals surface area contributed by atoms with Gasteiger partial charge in [0.1, 0.15) is 17.1 Å². The summed E-state index contributed by atoms with van der Waals surface area (Å²) in [5.74, 6) is 1.87. The molecule has 120 valence electrons. The van der Waals surface area contributed by atoms with Crippen molar-refractivity contribution in [3.63, 3.8) is 0 Å². The van der Waals surface area contributed by atoms with Crippen LogP contribution < -0.4 is 10.5 Å². The van der Waals surface area contributed by atoms with Gasteiger partial charge in [-0.2, -0.15) is 0 Å². The number of hydrogen-bond donors (Lipinski definition) is 1. The molecule has 3 heteroatoms. The van der Waals surface area contributed by atoms with Crippen molar-refractivity contribution in [3.8, 4) is 5.75 Å². The minimum atomic E-state index is 0.621. The van der Waals surface area contributed by atoms with Gasteiger partial charge in [0, 0.05) is 17.4 Å². The first kappa shape index (κ1) is 15.6. The van der Waals surface area contributed by atoms with Gasteiger partial charge in [0.15, 0.2) is 0 Å². The van der Waals surface area contributed by atoms with Crippen molar-refractivity contribution in [2.24, 2.45) is 5.73 Å². The maximum atomic E-state index is 6.13. The van der Waals surface area contributed by atoms with Crippen LogP contribution in [-0.4, -0.2) is 13.7 Å². The highest BCUT2D eigenvalue weighted by Gasteiger charge is 2.14. The normalized spacial score (nSPS) is 11.1. The van der Waals surface area contributed by atoms with Gasteiger partial charge in [0.05, 0.1) is 7.11 Å². The van der Waals surface area contributed by atoms with E-state index in [1.807, 2.05) is 12.1 Å². The summed E-state index contributed by atoms with van der Waals surface area (Å²) in [6, 6.07) is 14.6. The average Bonchev–Trinajstić information content (AvgIpc) is 2.92. The van der Waals surface area contributed by atoms with Crippen LogP contribution in [0.25, 0.3) is 11.0 Å². The van der Waals surface area contributed by atoms with E-state index in [-0.39, 0.29) is 0 Å². The van der Waals surface area contributed by atoms with Gasteiger partial charge in [-0.05, 0) is 54.8 Å². The molecule has 0 aliphatic heterocycles. The van der Waals surface area contributed by atoms with Crippen LogP contribution in [-0.2, 0) is 19.3 Å². The molecule has 3 nitrogen and oxygen atoms in total. The van der Waals surface area contributed by atoms with Gasteiger partial charge in [0.2, 0.25) is 0 Å². The standard InChI is InChI=1S/C20H23NO2/c1-3-14-7-8-19-18(12-14)17(9-10-21)20(23-19)13-15-5-4-6-16(11-15)22-2/h4-8,11-12H,3,9-10,13,21H2,1-2H3. The van der Waals surface area contributed by atoms with E-state index in [0.717, 1.165) is 36.4 Å². The Balaban J connectivity index is 2.03. The molecule has 0 radical (unpaired) electrons. The summed E-state index contributed by atoms with van der Waals surface area (Å²) in [6.07, 6.45) is 2.61. The second-order valence-electron chi connectivity index (χ2n) is 5.75. The number of methoxy groups -OCH3 is 1. The fourth-order valence-corrected chi connectivity index (χ4v) is 3.00. The topological polar surface area (TPSA) is 48.4 Å². The fraction of sp³-hybridized carbons (Fsp3) is 0.300. The van der Waals surface area contributed by atoms with Gasteiger partial charge >= 0.3 is 0 Å². The smallest absolute Gasteiger partial charge is 0.134 e. The third-order valence-electron chi connectivity index (χ3n) is 4.24. The van der Waals surface area contributed by atoms with Crippen molar-refractivity contribution in [1.29, 1.82) is 0 Å². The van der Waals surface area contributed by atoms with Gasteiger partial charge in [0.25, 0.3) is 0 Å². The molecule has 0 saturated carbocycles. The first-order chi connectivity index (χ1) is 11.2. The highest BCUT2D eigenvalue weighted by atomic mass is 16.5. The molecule has 0 fully saturated rings. The summed E-state index contributed by atoms with van der Waals surface area (Å²) in [7, 11) is 1.69. The van der Waals surface area contributed by atoms with E-state index >= 15 is 0 Å². The van der Waals surface area contributed by atoms with Crippen molar-refractivity contribution in [1.82, 2.24) is 0 Å². The predicted molar refractivity (Wildman–Crippen MR) is 94.2 cm³/mol. The van der Waals surface area contributed by atoms with Crippen LogP contribution in [0.2, 0.25) is 0 Å². The molecular weight excluding hydrogens is 286 g/mol. The van der Waals surface area contributed by atoms with E-state index in [2.05, 4.69) is 37.3 Å². The molecule has 3 rings (SSSR count). The van der Waals surface area contributed by atoms with E-state index < -0.39 is 0 Å². The zero-order valence-electron chi connectivity index (χ0n) is 13.8.